The third kappa shape index (κ3) is 3.72. The maximum Gasteiger partial charge on any atom is 0.338 e. The average molecular weight is 474 g/mol. The van der Waals surface area contributed by atoms with Crippen molar-refractivity contribution in [2.75, 3.05) is 18.6 Å². The van der Waals surface area contributed by atoms with Crippen LogP contribution in [-0.4, -0.2) is 39.2 Å². The molecule has 0 amide bonds. The van der Waals surface area contributed by atoms with E-state index in [0.717, 1.165) is 15.2 Å². The summed E-state index contributed by atoms with van der Waals surface area (Å²) in [4.78, 5) is 32.6. The van der Waals surface area contributed by atoms with Crippen LogP contribution in [0.5, 0.6) is 0 Å². The second-order valence-electron chi connectivity index (χ2n) is 6.86. The van der Waals surface area contributed by atoms with Gasteiger partial charge in [0, 0.05) is 13.2 Å². The minimum Gasteiger partial charge on any atom is -0.296 e. The smallest absolute Gasteiger partial charge is 0.296 e. The number of nitriles is 1. The summed E-state index contributed by atoms with van der Waals surface area (Å²) in [5.74, 6) is -0.535. The molecule has 32 heavy (non-hydrogen) atoms. The van der Waals surface area contributed by atoms with E-state index in [9.17, 15) is 19.2 Å². The van der Waals surface area contributed by atoms with Gasteiger partial charge in [0.25, 0.3) is 5.56 Å². The van der Waals surface area contributed by atoms with Crippen LogP contribution in [0.2, 0.25) is 10.0 Å². The molecule has 0 atom stereocenters. The highest BCUT2D eigenvalue weighted by atomic mass is 35.5. The Morgan fingerprint density at radius 3 is 2.62 bits per heavy atom. The number of halogens is 3. The molecule has 0 saturated carbocycles. The molecule has 9 nitrogen and oxygen atoms in total. The number of anilines is 1. The molecule has 0 spiro atoms. The zero-order valence-electron chi connectivity index (χ0n) is 16.5. The largest absolute Gasteiger partial charge is 0.338 e. The lowest BCUT2D eigenvalue weighted by Crippen LogP contribution is -2.43. The van der Waals surface area contributed by atoms with Gasteiger partial charge < -0.3 is 0 Å². The van der Waals surface area contributed by atoms with Crippen LogP contribution < -0.4 is 16.1 Å². The summed E-state index contributed by atoms with van der Waals surface area (Å²) in [6, 6.07) is 7.13. The third-order valence-electron chi connectivity index (χ3n) is 4.72. The van der Waals surface area contributed by atoms with Gasteiger partial charge in [0.05, 0.1) is 33.6 Å². The van der Waals surface area contributed by atoms with Crippen molar-refractivity contribution in [1.29, 1.82) is 5.26 Å². The quantitative estimate of drug-likeness (QED) is 0.577. The van der Waals surface area contributed by atoms with Crippen molar-refractivity contribution >= 4 is 35.4 Å². The molecule has 1 aromatic carbocycles. The minimum atomic E-state index is -0.768. The normalized spacial score (nSPS) is 13.0. The predicted octanol–water partition coefficient (Wildman–Crippen LogP) is 2.68. The van der Waals surface area contributed by atoms with E-state index in [-0.39, 0.29) is 45.9 Å². The molecule has 4 rings (SSSR count). The SMILES string of the molecule is CN1CN(c2c(-c3ccc(F)c(Cl)c3)c(=O)n(-c3cncc(Cl)c3)c(=O)n2CC#N)C=N1. The van der Waals surface area contributed by atoms with Gasteiger partial charge in [0.15, 0.2) is 0 Å². The molecule has 1 aliphatic heterocycles. The Balaban J connectivity index is 2.14. The summed E-state index contributed by atoms with van der Waals surface area (Å²) in [5, 5.41) is 15.1. The highest BCUT2D eigenvalue weighted by molar-refractivity contribution is 6.31. The van der Waals surface area contributed by atoms with Gasteiger partial charge in [-0.15, -0.1) is 0 Å². The fraction of sp³-hybridized carbons (Fsp3) is 0.150. The topological polar surface area (TPSA) is 99.5 Å². The van der Waals surface area contributed by atoms with Crippen LogP contribution in [0, 0.1) is 17.1 Å². The maximum absolute atomic E-state index is 13.8. The number of hydrogen-bond donors (Lipinski definition) is 0. The number of pyridine rings is 1. The molecular weight excluding hydrogens is 460 g/mol. The molecule has 0 radical (unpaired) electrons. The van der Waals surface area contributed by atoms with Gasteiger partial charge in [-0.25, -0.2) is 13.8 Å². The van der Waals surface area contributed by atoms with Gasteiger partial charge in [-0.2, -0.15) is 10.4 Å². The van der Waals surface area contributed by atoms with E-state index in [2.05, 4.69) is 10.1 Å². The van der Waals surface area contributed by atoms with Crippen LogP contribution >= 0.6 is 23.2 Å². The molecular formula is C20H14Cl2FN7O2. The fourth-order valence-corrected chi connectivity index (χ4v) is 3.72. The maximum atomic E-state index is 13.8. The molecule has 0 unspecified atom stereocenters. The first kappa shape index (κ1) is 21.5. The summed E-state index contributed by atoms with van der Waals surface area (Å²) >= 11 is 12.0. The van der Waals surface area contributed by atoms with Crippen LogP contribution in [0.15, 0.2) is 51.3 Å². The first-order valence-electron chi connectivity index (χ1n) is 9.17. The van der Waals surface area contributed by atoms with Crippen molar-refractivity contribution in [3.05, 3.63) is 73.4 Å². The molecule has 0 saturated heterocycles. The lowest BCUT2D eigenvalue weighted by Gasteiger charge is -2.24. The van der Waals surface area contributed by atoms with Gasteiger partial charge >= 0.3 is 5.69 Å². The monoisotopic (exact) mass is 473 g/mol. The Bertz CT molecular complexity index is 1410. The van der Waals surface area contributed by atoms with E-state index in [0.29, 0.717) is 0 Å². The molecule has 0 fully saturated rings. The third-order valence-corrected chi connectivity index (χ3v) is 5.22. The predicted molar refractivity (Wildman–Crippen MR) is 119 cm³/mol. The van der Waals surface area contributed by atoms with E-state index in [4.69, 9.17) is 23.2 Å². The molecule has 12 heteroatoms. The van der Waals surface area contributed by atoms with Crippen molar-refractivity contribution in [2.24, 2.45) is 5.10 Å². The van der Waals surface area contributed by atoms with Gasteiger partial charge in [-0.1, -0.05) is 29.3 Å². The second-order valence-corrected chi connectivity index (χ2v) is 7.70. The number of benzene rings is 1. The van der Waals surface area contributed by atoms with Crippen molar-refractivity contribution in [2.45, 2.75) is 6.54 Å². The minimum absolute atomic E-state index is 0.0310. The van der Waals surface area contributed by atoms with Crippen LogP contribution in [0.3, 0.4) is 0 Å². The summed E-state index contributed by atoms with van der Waals surface area (Å²) in [5.41, 5.74) is -1.07. The molecule has 1 aliphatic rings. The van der Waals surface area contributed by atoms with Gasteiger partial charge in [-0.05, 0) is 23.8 Å². The average Bonchev–Trinajstić information content (AvgIpc) is 3.18. The lowest BCUT2D eigenvalue weighted by atomic mass is 10.1. The van der Waals surface area contributed by atoms with Gasteiger partial charge in [0.2, 0.25) is 0 Å². The Morgan fingerprint density at radius 1 is 1.22 bits per heavy atom. The van der Waals surface area contributed by atoms with Gasteiger partial charge in [-0.3, -0.25) is 24.3 Å². The number of rotatable bonds is 4. The van der Waals surface area contributed by atoms with Crippen molar-refractivity contribution in [3.8, 4) is 22.9 Å². The Morgan fingerprint density at radius 2 is 2.00 bits per heavy atom. The van der Waals surface area contributed by atoms with E-state index in [1.54, 1.807) is 17.0 Å². The molecule has 0 aliphatic carbocycles. The Hall–Kier alpha value is -3.68. The zero-order valence-corrected chi connectivity index (χ0v) is 18.0. The molecule has 0 N–H and O–H groups in total. The highest BCUT2D eigenvalue weighted by Gasteiger charge is 2.27. The molecule has 162 valence electrons. The Labute approximate surface area is 190 Å². The second kappa shape index (κ2) is 8.45. The molecule has 3 heterocycles. The van der Waals surface area contributed by atoms with Crippen LogP contribution in [-0.2, 0) is 6.54 Å². The van der Waals surface area contributed by atoms with Crippen molar-refractivity contribution in [3.63, 3.8) is 0 Å². The number of nitrogens with zero attached hydrogens (tertiary/aromatic N) is 7. The standard InChI is InChI=1S/C20H14Cl2FN7O2/c1-27-11-28(10-26-27)18-17(12-2-3-16(23)15(22)6-12)19(31)30(20(32)29(18)5-4-24)14-7-13(21)8-25-9-14/h2-3,6-10H,5,11H2,1H3. The van der Waals surface area contributed by atoms with Crippen LogP contribution in [0.1, 0.15) is 0 Å². The van der Waals surface area contributed by atoms with Crippen LogP contribution in [0.4, 0.5) is 10.2 Å². The summed E-state index contributed by atoms with van der Waals surface area (Å²) in [6.45, 7) is -0.145. The first-order valence-corrected chi connectivity index (χ1v) is 9.92. The Kier molecular flexibility index (Phi) is 5.69. The number of hydrogen-bond acceptors (Lipinski definition) is 7. The van der Waals surface area contributed by atoms with Crippen molar-refractivity contribution in [1.82, 2.24) is 19.1 Å². The zero-order chi connectivity index (χ0) is 23.0. The lowest BCUT2D eigenvalue weighted by molar-refractivity contribution is 0.391. The number of hydrazone groups is 1. The molecule has 2 aromatic heterocycles. The van der Waals surface area contributed by atoms with E-state index in [1.165, 1.54) is 36.9 Å². The van der Waals surface area contributed by atoms with Crippen LogP contribution in [0.25, 0.3) is 16.8 Å². The molecule has 3 aromatic rings. The first-order chi connectivity index (χ1) is 15.3. The van der Waals surface area contributed by atoms with Gasteiger partial charge in [0.1, 0.15) is 31.2 Å². The fourth-order valence-electron chi connectivity index (χ4n) is 3.37. The van der Waals surface area contributed by atoms with E-state index < -0.39 is 17.1 Å². The van der Waals surface area contributed by atoms with E-state index >= 15 is 0 Å². The summed E-state index contributed by atoms with van der Waals surface area (Å²) in [6.07, 6.45) is 4.09. The van der Waals surface area contributed by atoms with Crippen molar-refractivity contribution < 1.29 is 4.39 Å². The van der Waals surface area contributed by atoms with E-state index in [1.807, 2.05) is 6.07 Å². The number of aromatic nitrogens is 3. The summed E-state index contributed by atoms with van der Waals surface area (Å²) in [7, 11) is 1.70. The molecule has 0 bridgehead atoms. The highest BCUT2D eigenvalue weighted by Crippen LogP contribution is 2.31. The summed E-state index contributed by atoms with van der Waals surface area (Å²) < 4.78 is 15.8.